The molecule has 1 aromatic carbocycles. The lowest BCUT2D eigenvalue weighted by Gasteiger charge is -2.09. The van der Waals surface area contributed by atoms with Gasteiger partial charge < -0.3 is 5.32 Å². The largest absolute Gasteiger partial charge is 0.383 e. The SMILES string of the molecule is O=NNc1cnccc1NCCCc1ccccc1. The molecule has 0 aliphatic heterocycles. The Labute approximate surface area is 112 Å². The summed E-state index contributed by atoms with van der Waals surface area (Å²) < 4.78 is 0. The summed E-state index contributed by atoms with van der Waals surface area (Å²) >= 11 is 0. The zero-order valence-corrected chi connectivity index (χ0v) is 10.5. The zero-order valence-electron chi connectivity index (χ0n) is 10.5. The van der Waals surface area contributed by atoms with Crippen LogP contribution in [0.5, 0.6) is 0 Å². The molecule has 0 bridgehead atoms. The van der Waals surface area contributed by atoms with Crippen LogP contribution in [0.25, 0.3) is 0 Å². The Morgan fingerprint density at radius 3 is 2.74 bits per heavy atom. The van der Waals surface area contributed by atoms with Crippen molar-refractivity contribution in [2.24, 2.45) is 5.29 Å². The number of nitroso groups, excluding NO2 is 1. The maximum atomic E-state index is 10.2. The number of benzene rings is 1. The molecule has 1 heterocycles. The Bertz CT molecular complexity index is 516. The first-order chi connectivity index (χ1) is 9.40. The highest BCUT2D eigenvalue weighted by Gasteiger charge is 2.00. The quantitative estimate of drug-likeness (QED) is 0.453. The maximum Gasteiger partial charge on any atom is 0.101 e. The molecule has 1 aromatic heterocycles. The van der Waals surface area contributed by atoms with Crippen molar-refractivity contribution >= 4 is 11.4 Å². The van der Waals surface area contributed by atoms with E-state index < -0.39 is 0 Å². The summed E-state index contributed by atoms with van der Waals surface area (Å²) in [5, 5.41) is 5.93. The summed E-state index contributed by atoms with van der Waals surface area (Å²) in [6.45, 7) is 0.826. The molecule has 0 fully saturated rings. The first kappa shape index (κ1) is 13.0. The van der Waals surface area contributed by atoms with Gasteiger partial charge in [-0.1, -0.05) is 30.3 Å². The number of hydrogen-bond acceptors (Lipinski definition) is 4. The molecular formula is C14H16N4O. The second-order valence-corrected chi connectivity index (χ2v) is 4.14. The standard InChI is InChI=1S/C14H16N4O/c19-18-17-14-11-15-10-8-13(14)16-9-4-7-12-5-2-1-3-6-12/h1-3,5-6,8,10-11H,4,7,9H2,(H,15,16)(H,17,19). The van der Waals surface area contributed by atoms with Crippen molar-refractivity contribution in [3.05, 3.63) is 59.3 Å². The summed E-state index contributed by atoms with van der Waals surface area (Å²) in [5.41, 5.74) is 5.14. The summed E-state index contributed by atoms with van der Waals surface area (Å²) in [6.07, 6.45) is 5.28. The van der Waals surface area contributed by atoms with Crippen molar-refractivity contribution in [2.75, 3.05) is 17.3 Å². The maximum absolute atomic E-state index is 10.2. The number of nitrogens with zero attached hydrogens (tertiary/aromatic N) is 2. The molecule has 0 aliphatic carbocycles. The highest BCUT2D eigenvalue weighted by atomic mass is 16.3. The van der Waals surface area contributed by atoms with Crippen LogP contribution >= 0.6 is 0 Å². The van der Waals surface area contributed by atoms with Gasteiger partial charge in [-0.15, -0.1) is 4.91 Å². The Balaban J connectivity index is 1.81. The number of rotatable bonds is 7. The molecule has 19 heavy (non-hydrogen) atoms. The second kappa shape index (κ2) is 7.10. The third kappa shape index (κ3) is 4.06. The van der Waals surface area contributed by atoms with Gasteiger partial charge in [-0.25, -0.2) is 5.43 Å². The van der Waals surface area contributed by atoms with Gasteiger partial charge in [0, 0.05) is 12.7 Å². The molecule has 0 saturated heterocycles. The van der Waals surface area contributed by atoms with Crippen molar-refractivity contribution in [3.63, 3.8) is 0 Å². The van der Waals surface area contributed by atoms with E-state index in [-0.39, 0.29) is 0 Å². The monoisotopic (exact) mass is 256 g/mol. The molecule has 0 radical (unpaired) electrons. The molecule has 98 valence electrons. The summed E-state index contributed by atoms with van der Waals surface area (Å²) in [4.78, 5) is 14.2. The van der Waals surface area contributed by atoms with Crippen molar-refractivity contribution in [1.82, 2.24) is 4.98 Å². The Morgan fingerprint density at radius 1 is 1.11 bits per heavy atom. The lowest BCUT2D eigenvalue weighted by Crippen LogP contribution is -2.05. The van der Waals surface area contributed by atoms with Gasteiger partial charge in [0.1, 0.15) is 5.69 Å². The van der Waals surface area contributed by atoms with E-state index in [4.69, 9.17) is 0 Å². The first-order valence-corrected chi connectivity index (χ1v) is 6.20. The fourth-order valence-electron chi connectivity index (χ4n) is 1.85. The lowest BCUT2D eigenvalue weighted by atomic mass is 10.1. The van der Waals surface area contributed by atoms with Gasteiger partial charge in [-0.3, -0.25) is 4.98 Å². The predicted molar refractivity (Wildman–Crippen MR) is 76.9 cm³/mol. The smallest absolute Gasteiger partial charge is 0.101 e. The van der Waals surface area contributed by atoms with E-state index in [1.165, 1.54) is 5.56 Å². The lowest BCUT2D eigenvalue weighted by molar-refractivity contribution is 0.863. The van der Waals surface area contributed by atoms with E-state index in [2.05, 4.69) is 33.1 Å². The van der Waals surface area contributed by atoms with Gasteiger partial charge in [0.25, 0.3) is 0 Å². The minimum absolute atomic E-state index is 0.595. The summed E-state index contributed by atoms with van der Waals surface area (Å²) in [5.74, 6) is 0. The number of aryl methyl sites for hydroxylation is 1. The molecule has 5 nitrogen and oxygen atoms in total. The molecule has 0 amide bonds. The van der Waals surface area contributed by atoms with Crippen LogP contribution in [-0.4, -0.2) is 11.5 Å². The molecule has 2 rings (SSSR count). The van der Waals surface area contributed by atoms with Gasteiger partial charge in [0.05, 0.1) is 17.2 Å². The molecule has 0 saturated carbocycles. The number of anilines is 2. The third-order valence-corrected chi connectivity index (χ3v) is 2.79. The molecule has 2 aromatic rings. The van der Waals surface area contributed by atoms with Crippen molar-refractivity contribution in [1.29, 1.82) is 0 Å². The van der Waals surface area contributed by atoms with E-state index >= 15 is 0 Å². The fourth-order valence-corrected chi connectivity index (χ4v) is 1.85. The molecule has 5 heteroatoms. The highest BCUT2D eigenvalue weighted by molar-refractivity contribution is 5.66. The van der Waals surface area contributed by atoms with Crippen LogP contribution < -0.4 is 10.7 Å². The Kier molecular flexibility index (Phi) is 4.87. The normalized spacial score (nSPS) is 9.89. The minimum Gasteiger partial charge on any atom is -0.383 e. The van der Waals surface area contributed by atoms with Gasteiger partial charge in [-0.05, 0) is 24.5 Å². The van der Waals surface area contributed by atoms with Crippen LogP contribution in [0.1, 0.15) is 12.0 Å². The van der Waals surface area contributed by atoms with E-state index in [1.54, 1.807) is 12.4 Å². The van der Waals surface area contributed by atoms with E-state index in [0.717, 1.165) is 25.1 Å². The van der Waals surface area contributed by atoms with Crippen molar-refractivity contribution < 1.29 is 0 Å². The number of aromatic nitrogens is 1. The zero-order chi connectivity index (χ0) is 13.3. The van der Waals surface area contributed by atoms with Gasteiger partial charge in [-0.2, -0.15) is 0 Å². The van der Waals surface area contributed by atoms with Gasteiger partial charge >= 0.3 is 0 Å². The van der Waals surface area contributed by atoms with Crippen LogP contribution in [0.4, 0.5) is 11.4 Å². The van der Waals surface area contributed by atoms with Crippen LogP contribution in [0, 0.1) is 4.91 Å². The highest BCUT2D eigenvalue weighted by Crippen LogP contribution is 2.19. The molecule has 0 unspecified atom stereocenters. The minimum atomic E-state index is 0.595. The fraction of sp³-hybridized carbons (Fsp3) is 0.214. The number of pyridine rings is 1. The van der Waals surface area contributed by atoms with Crippen molar-refractivity contribution in [2.45, 2.75) is 12.8 Å². The van der Waals surface area contributed by atoms with Gasteiger partial charge in [0.15, 0.2) is 0 Å². The third-order valence-electron chi connectivity index (χ3n) is 2.79. The predicted octanol–water partition coefficient (Wildman–Crippen LogP) is 3.22. The van der Waals surface area contributed by atoms with Gasteiger partial charge in [0.2, 0.25) is 0 Å². The van der Waals surface area contributed by atoms with E-state index in [1.807, 2.05) is 24.3 Å². The van der Waals surface area contributed by atoms with Crippen LogP contribution in [-0.2, 0) is 6.42 Å². The van der Waals surface area contributed by atoms with Crippen LogP contribution in [0.3, 0.4) is 0 Å². The van der Waals surface area contributed by atoms with Crippen LogP contribution in [0.2, 0.25) is 0 Å². The molecule has 0 atom stereocenters. The van der Waals surface area contributed by atoms with Crippen LogP contribution in [0.15, 0.2) is 54.1 Å². The summed E-state index contributed by atoms with van der Waals surface area (Å²) in [6, 6.07) is 12.2. The molecule has 0 aliphatic rings. The van der Waals surface area contributed by atoms with E-state index in [0.29, 0.717) is 5.69 Å². The van der Waals surface area contributed by atoms with Crippen molar-refractivity contribution in [3.8, 4) is 0 Å². The average molecular weight is 256 g/mol. The Hall–Kier alpha value is -2.43. The summed E-state index contributed by atoms with van der Waals surface area (Å²) in [7, 11) is 0. The number of hydrogen-bond donors (Lipinski definition) is 2. The Morgan fingerprint density at radius 2 is 1.95 bits per heavy atom. The molecule has 2 N–H and O–H groups in total. The second-order valence-electron chi connectivity index (χ2n) is 4.14. The molecular weight excluding hydrogens is 240 g/mol. The van der Waals surface area contributed by atoms with E-state index in [9.17, 15) is 4.91 Å². The average Bonchev–Trinajstić information content (AvgIpc) is 2.47. The molecule has 0 spiro atoms. The topological polar surface area (TPSA) is 66.4 Å². The first-order valence-electron chi connectivity index (χ1n) is 6.20. The number of nitrogens with one attached hydrogen (secondary N) is 2.